The quantitative estimate of drug-likeness (QED) is 0.871. The van der Waals surface area contributed by atoms with E-state index in [4.69, 9.17) is 0 Å². The summed E-state index contributed by atoms with van der Waals surface area (Å²) in [5, 5.41) is 2.94. The first-order chi connectivity index (χ1) is 8.04. The molecule has 1 heterocycles. The molecule has 1 amide bonds. The fourth-order valence-electron chi connectivity index (χ4n) is 2.24. The highest BCUT2D eigenvalue weighted by Gasteiger charge is 2.36. The summed E-state index contributed by atoms with van der Waals surface area (Å²) in [5.74, 6) is 0.0810. The van der Waals surface area contributed by atoms with Crippen molar-refractivity contribution >= 4 is 11.6 Å². The maximum Gasteiger partial charge on any atom is 0.248 e. The number of rotatable bonds is 3. The molecule has 1 aliphatic heterocycles. The number of carbonyl (C=O) groups excluding carboxylic acids is 1. The Hall–Kier alpha value is -1.42. The lowest BCUT2D eigenvalue weighted by molar-refractivity contribution is -0.119. The number of fused-ring (bicyclic) bond motifs is 1. The second-order valence-electron chi connectivity index (χ2n) is 4.77. The van der Waals surface area contributed by atoms with Gasteiger partial charge in [-0.3, -0.25) is 4.79 Å². The maximum absolute atomic E-state index is 13.2. The first-order valence-electron chi connectivity index (χ1n) is 5.82. The molecular formula is C13H17FN2O. The highest BCUT2D eigenvalue weighted by molar-refractivity contribution is 6.04. The number of nitrogens with zero attached hydrogens (tertiary/aromatic N) is 1. The van der Waals surface area contributed by atoms with Gasteiger partial charge in [-0.2, -0.15) is 0 Å². The molecule has 17 heavy (non-hydrogen) atoms. The smallest absolute Gasteiger partial charge is 0.248 e. The summed E-state index contributed by atoms with van der Waals surface area (Å²) in [6.45, 7) is 4.78. The van der Waals surface area contributed by atoms with Gasteiger partial charge in [-0.1, -0.05) is 13.8 Å². The number of nitrogens with one attached hydrogen (secondary N) is 1. The summed E-state index contributed by atoms with van der Waals surface area (Å²) < 4.78 is 13.2. The van der Waals surface area contributed by atoms with Crippen LogP contribution in [-0.4, -0.2) is 19.5 Å². The second kappa shape index (κ2) is 4.45. The van der Waals surface area contributed by atoms with Crippen molar-refractivity contribution in [1.82, 2.24) is 5.32 Å². The van der Waals surface area contributed by atoms with Crippen molar-refractivity contribution in [2.45, 2.75) is 19.9 Å². The SMILES string of the molecule is CNC1C(=O)N(CC(C)C)c2ccc(F)cc21. The molecule has 1 unspecified atom stereocenters. The van der Waals surface area contributed by atoms with Crippen LogP contribution in [0.3, 0.4) is 0 Å². The molecule has 1 N–H and O–H groups in total. The van der Waals surface area contributed by atoms with Crippen LogP contribution in [0.25, 0.3) is 0 Å². The Labute approximate surface area is 101 Å². The third-order valence-corrected chi connectivity index (χ3v) is 2.94. The van der Waals surface area contributed by atoms with Crippen LogP contribution in [0.4, 0.5) is 10.1 Å². The van der Waals surface area contributed by atoms with Crippen molar-refractivity contribution < 1.29 is 9.18 Å². The summed E-state index contributed by atoms with van der Waals surface area (Å²) in [6.07, 6.45) is 0. The van der Waals surface area contributed by atoms with Crippen LogP contribution in [0.5, 0.6) is 0 Å². The molecule has 0 radical (unpaired) electrons. The zero-order valence-corrected chi connectivity index (χ0v) is 10.3. The minimum absolute atomic E-state index is 0.00167. The van der Waals surface area contributed by atoms with Crippen molar-refractivity contribution in [2.75, 3.05) is 18.5 Å². The van der Waals surface area contributed by atoms with Gasteiger partial charge in [0.25, 0.3) is 0 Å². The number of benzene rings is 1. The van der Waals surface area contributed by atoms with Crippen molar-refractivity contribution in [3.05, 3.63) is 29.6 Å². The molecule has 1 aliphatic rings. The molecular weight excluding hydrogens is 219 g/mol. The normalized spacial score (nSPS) is 19.0. The van der Waals surface area contributed by atoms with E-state index < -0.39 is 6.04 Å². The lowest BCUT2D eigenvalue weighted by atomic mass is 10.1. The summed E-state index contributed by atoms with van der Waals surface area (Å²) >= 11 is 0. The van der Waals surface area contributed by atoms with Gasteiger partial charge in [0.2, 0.25) is 5.91 Å². The van der Waals surface area contributed by atoms with Gasteiger partial charge in [0.15, 0.2) is 0 Å². The molecule has 0 spiro atoms. The molecule has 3 nitrogen and oxygen atoms in total. The van der Waals surface area contributed by atoms with Crippen LogP contribution in [0.2, 0.25) is 0 Å². The van der Waals surface area contributed by atoms with Gasteiger partial charge in [0.05, 0.1) is 0 Å². The van der Waals surface area contributed by atoms with E-state index in [1.54, 1.807) is 18.0 Å². The second-order valence-corrected chi connectivity index (χ2v) is 4.77. The van der Waals surface area contributed by atoms with Crippen LogP contribution >= 0.6 is 0 Å². The highest BCUT2D eigenvalue weighted by Crippen LogP contribution is 2.36. The number of carbonyl (C=O) groups is 1. The van der Waals surface area contributed by atoms with Crippen molar-refractivity contribution in [3.63, 3.8) is 0 Å². The zero-order valence-electron chi connectivity index (χ0n) is 10.3. The fraction of sp³-hybridized carbons (Fsp3) is 0.462. The summed E-state index contributed by atoms with van der Waals surface area (Å²) in [4.78, 5) is 13.9. The van der Waals surface area contributed by atoms with Gasteiger partial charge in [-0.25, -0.2) is 4.39 Å². The van der Waals surface area contributed by atoms with Crippen LogP contribution in [0.1, 0.15) is 25.5 Å². The van der Waals surface area contributed by atoms with Gasteiger partial charge >= 0.3 is 0 Å². The Balaban J connectivity index is 2.43. The van der Waals surface area contributed by atoms with E-state index in [9.17, 15) is 9.18 Å². The molecule has 0 saturated heterocycles. The predicted octanol–water partition coefficient (Wildman–Crippen LogP) is 2.09. The first-order valence-corrected chi connectivity index (χ1v) is 5.82. The minimum atomic E-state index is -0.417. The number of anilines is 1. The van der Waals surface area contributed by atoms with Gasteiger partial charge in [0.1, 0.15) is 11.9 Å². The third kappa shape index (κ3) is 2.05. The summed E-state index contributed by atoms with van der Waals surface area (Å²) in [5.41, 5.74) is 1.56. The fourth-order valence-corrected chi connectivity index (χ4v) is 2.24. The van der Waals surface area contributed by atoms with Crippen molar-refractivity contribution in [2.24, 2.45) is 5.92 Å². The lowest BCUT2D eigenvalue weighted by Gasteiger charge is -2.20. The van der Waals surface area contributed by atoms with E-state index in [1.165, 1.54) is 12.1 Å². The molecule has 1 aromatic carbocycles. The zero-order chi connectivity index (χ0) is 12.6. The average molecular weight is 236 g/mol. The molecule has 0 saturated carbocycles. The summed E-state index contributed by atoms with van der Waals surface area (Å²) in [7, 11) is 1.72. The largest absolute Gasteiger partial charge is 0.310 e. The van der Waals surface area contributed by atoms with E-state index in [1.807, 2.05) is 0 Å². The molecule has 0 fully saturated rings. The number of halogens is 1. The van der Waals surface area contributed by atoms with E-state index in [2.05, 4.69) is 19.2 Å². The Morgan fingerprint density at radius 1 is 1.47 bits per heavy atom. The van der Waals surface area contributed by atoms with Crippen molar-refractivity contribution in [3.8, 4) is 0 Å². The maximum atomic E-state index is 13.2. The molecule has 2 rings (SSSR count). The van der Waals surface area contributed by atoms with Crippen LogP contribution < -0.4 is 10.2 Å². The Bertz CT molecular complexity index is 445. The van der Waals surface area contributed by atoms with Gasteiger partial charge in [-0.15, -0.1) is 0 Å². The summed E-state index contributed by atoms with van der Waals surface area (Å²) in [6, 6.07) is 4.11. The van der Waals surface area contributed by atoms with Crippen LogP contribution in [0.15, 0.2) is 18.2 Å². The standard InChI is InChI=1S/C13H17FN2O/c1-8(2)7-16-11-5-4-9(14)6-10(11)12(15-3)13(16)17/h4-6,8,12,15H,7H2,1-3H3. The number of hydrogen-bond donors (Lipinski definition) is 1. The van der Waals surface area contributed by atoms with Crippen LogP contribution in [0, 0.1) is 11.7 Å². The third-order valence-electron chi connectivity index (χ3n) is 2.94. The Kier molecular flexibility index (Phi) is 3.15. The average Bonchev–Trinajstić information content (AvgIpc) is 2.50. The van der Waals surface area contributed by atoms with E-state index >= 15 is 0 Å². The van der Waals surface area contributed by atoms with Gasteiger partial charge in [0, 0.05) is 17.8 Å². The molecule has 0 bridgehead atoms. The molecule has 1 aromatic rings. The first kappa shape index (κ1) is 12.0. The van der Waals surface area contributed by atoms with E-state index in [0.29, 0.717) is 12.5 Å². The van der Waals surface area contributed by atoms with Gasteiger partial charge in [-0.05, 0) is 31.2 Å². The van der Waals surface area contributed by atoms with Gasteiger partial charge < -0.3 is 10.2 Å². The Morgan fingerprint density at radius 3 is 2.76 bits per heavy atom. The number of hydrogen-bond acceptors (Lipinski definition) is 2. The Morgan fingerprint density at radius 2 is 2.18 bits per heavy atom. The van der Waals surface area contributed by atoms with Crippen molar-refractivity contribution in [1.29, 1.82) is 0 Å². The molecule has 92 valence electrons. The van der Waals surface area contributed by atoms with Crippen LogP contribution in [-0.2, 0) is 4.79 Å². The monoisotopic (exact) mass is 236 g/mol. The molecule has 0 aliphatic carbocycles. The predicted molar refractivity (Wildman–Crippen MR) is 65.4 cm³/mol. The topological polar surface area (TPSA) is 32.3 Å². The number of amides is 1. The molecule has 4 heteroatoms. The minimum Gasteiger partial charge on any atom is -0.310 e. The van der Waals surface area contributed by atoms with E-state index in [0.717, 1.165) is 11.3 Å². The lowest BCUT2D eigenvalue weighted by Crippen LogP contribution is -2.35. The highest BCUT2D eigenvalue weighted by atomic mass is 19.1. The number of likely N-dealkylation sites (N-methyl/N-ethyl adjacent to an activating group) is 1. The van der Waals surface area contributed by atoms with E-state index in [-0.39, 0.29) is 11.7 Å². The molecule has 0 aromatic heterocycles. The molecule has 1 atom stereocenters.